The molecule has 0 aromatic heterocycles. The van der Waals surface area contributed by atoms with Gasteiger partial charge in [0.05, 0.1) is 10.2 Å². The van der Waals surface area contributed by atoms with E-state index in [1.54, 1.807) is 0 Å². The molecule has 2 aromatic carbocycles. The molecule has 0 aliphatic carbocycles. The third-order valence-corrected chi connectivity index (χ3v) is 3.54. The molecule has 17 heavy (non-hydrogen) atoms. The molecule has 0 bridgehead atoms. The molecule has 2 rings (SSSR count). The number of rotatable bonds is 3. The first-order valence-electron chi connectivity index (χ1n) is 5.83. The summed E-state index contributed by atoms with van der Waals surface area (Å²) >= 11 is 0. The topological polar surface area (TPSA) is 0 Å². The molecule has 3 radical (unpaired) electrons. The van der Waals surface area contributed by atoms with Gasteiger partial charge in [-0.2, -0.15) is 0 Å². The van der Waals surface area contributed by atoms with Crippen LogP contribution in [0.4, 0.5) is 0 Å². The SMILES string of the molecule is C=Cc1c(CC)ccc(-c2ccccc2)c1[Si]. The summed E-state index contributed by atoms with van der Waals surface area (Å²) in [6.45, 7) is 6.07. The lowest BCUT2D eigenvalue weighted by molar-refractivity contribution is 1.14. The fourth-order valence-electron chi connectivity index (χ4n) is 2.06. The van der Waals surface area contributed by atoms with Crippen molar-refractivity contribution in [3.63, 3.8) is 0 Å². The Morgan fingerprint density at radius 2 is 1.82 bits per heavy atom. The Balaban J connectivity index is 2.61. The molecule has 0 nitrogen and oxygen atoms in total. The van der Waals surface area contributed by atoms with Crippen molar-refractivity contribution >= 4 is 21.5 Å². The van der Waals surface area contributed by atoms with Crippen LogP contribution in [0.1, 0.15) is 18.1 Å². The van der Waals surface area contributed by atoms with Gasteiger partial charge in [0.15, 0.2) is 0 Å². The van der Waals surface area contributed by atoms with Crippen molar-refractivity contribution in [3.8, 4) is 11.1 Å². The standard InChI is InChI=1S/C16H15Si/c1-3-12-10-11-15(16(17)14(12)4-2)13-8-6-5-7-9-13/h4-11H,2-3H2,1H3. The van der Waals surface area contributed by atoms with E-state index < -0.39 is 0 Å². The number of aryl methyl sites for hydroxylation is 1. The maximum Gasteiger partial charge on any atom is 0.0729 e. The van der Waals surface area contributed by atoms with Crippen LogP contribution < -0.4 is 5.19 Å². The number of hydrogen-bond acceptors (Lipinski definition) is 0. The molecule has 0 aliphatic heterocycles. The molecule has 0 spiro atoms. The molecule has 0 N–H and O–H groups in total. The lowest BCUT2D eigenvalue weighted by atomic mass is 9.97. The van der Waals surface area contributed by atoms with E-state index in [2.05, 4.69) is 60.1 Å². The Morgan fingerprint density at radius 1 is 1.12 bits per heavy atom. The van der Waals surface area contributed by atoms with Gasteiger partial charge in [0, 0.05) is 0 Å². The summed E-state index contributed by atoms with van der Waals surface area (Å²) in [5.74, 6) is 0. The Hall–Kier alpha value is -1.60. The first-order chi connectivity index (χ1) is 8.27. The van der Waals surface area contributed by atoms with Gasteiger partial charge in [0.2, 0.25) is 0 Å². The minimum atomic E-state index is 1.02. The minimum absolute atomic E-state index is 1.02. The van der Waals surface area contributed by atoms with Crippen LogP contribution in [0.2, 0.25) is 0 Å². The largest absolute Gasteiger partial charge is 0.0985 e. The molecule has 0 amide bonds. The summed E-state index contributed by atoms with van der Waals surface area (Å²) in [7, 11) is 3.75. The Morgan fingerprint density at radius 3 is 2.41 bits per heavy atom. The van der Waals surface area contributed by atoms with Crippen molar-refractivity contribution in [2.45, 2.75) is 13.3 Å². The second-order valence-corrected chi connectivity index (χ2v) is 4.48. The van der Waals surface area contributed by atoms with Crippen LogP contribution in [0.5, 0.6) is 0 Å². The highest BCUT2D eigenvalue weighted by atomic mass is 28.1. The molecular weight excluding hydrogens is 220 g/mol. The third-order valence-electron chi connectivity index (χ3n) is 3.01. The lowest BCUT2D eigenvalue weighted by Crippen LogP contribution is -2.13. The van der Waals surface area contributed by atoms with Crippen LogP contribution in [0, 0.1) is 0 Å². The summed E-state index contributed by atoms with van der Waals surface area (Å²) in [5.41, 5.74) is 4.97. The maximum atomic E-state index is 3.90. The molecule has 0 saturated carbocycles. The van der Waals surface area contributed by atoms with Crippen LogP contribution >= 0.6 is 0 Å². The van der Waals surface area contributed by atoms with Gasteiger partial charge >= 0.3 is 0 Å². The van der Waals surface area contributed by atoms with Gasteiger partial charge in [-0.1, -0.05) is 67.2 Å². The Kier molecular flexibility index (Phi) is 3.60. The molecule has 83 valence electrons. The van der Waals surface area contributed by atoms with Crippen molar-refractivity contribution in [2.24, 2.45) is 0 Å². The molecule has 0 fully saturated rings. The second-order valence-electron chi connectivity index (χ2n) is 3.98. The van der Waals surface area contributed by atoms with Gasteiger partial charge < -0.3 is 0 Å². The number of benzene rings is 2. The monoisotopic (exact) mass is 235 g/mol. The highest BCUT2D eigenvalue weighted by Crippen LogP contribution is 2.20. The van der Waals surface area contributed by atoms with E-state index >= 15 is 0 Å². The van der Waals surface area contributed by atoms with Crippen molar-refractivity contribution < 1.29 is 0 Å². The van der Waals surface area contributed by atoms with Crippen molar-refractivity contribution in [3.05, 3.63) is 60.2 Å². The van der Waals surface area contributed by atoms with E-state index in [1.165, 1.54) is 22.3 Å². The summed E-state index contributed by atoms with van der Waals surface area (Å²) in [5, 5.41) is 1.13. The summed E-state index contributed by atoms with van der Waals surface area (Å²) < 4.78 is 0. The fourth-order valence-corrected chi connectivity index (χ4v) is 2.55. The first kappa shape index (κ1) is 11.9. The predicted molar refractivity (Wildman–Crippen MR) is 76.7 cm³/mol. The summed E-state index contributed by atoms with van der Waals surface area (Å²) in [4.78, 5) is 0. The quantitative estimate of drug-likeness (QED) is 0.716. The van der Waals surface area contributed by atoms with E-state index in [9.17, 15) is 0 Å². The highest BCUT2D eigenvalue weighted by molar-refractivity contribution is 6.38. The highest BCUT2D eigenvalue weighted by Gasteiger charge is 2.07. The van der Waals surface area contributed by atoms with E-state index in [1.807, 2.05) is 12.1 Å². The average Bonchev–Trinajstić information content (AvgIpc) is 2.39. The zero-order chi connectivity index (χ0) is 12.3. The van der Waals surface area contributed by atoms with Crippen molar-refractivity contribution in [2.75, 3.05) is 0 Å². The molecule has 0 unspecified atom stereocenters. The Labute approximate surface area is 106 Å². The Bertz CT molecular complexity index is 527. The van der Waals surface area contributed by atoms with Crippen LogP contribution in [0.3, 0.4) is 0 Å². The zero-order valence-electron chi connectivity index (χ0n) is 10.0. The maximum absolute atomic E-state index is 3.90. The molecule has 1 heteroatoms. The fraction of sp³-hybridized carbons (Fsp3) is 0.125. The van der Waals surface area contributed by atoms with Gasteiger partial charge in [0.25, 0.3) is 0 Å². The van der Waals surface area contributed by atoms with Crippen LogP contribution in [-0.2, 0) is 6.42 Å². The zero-order valence-corrected chi connectivity index (χ0v) is 11.0. The van der Waals surface area contributed by atoms with Crippen LogP contribution in [0.15, 0.2) is 49.0 Å². The van der Waals surface area contributed by atoms with Gasteiger partial charge in [0.1, 0.15) is 0 Å². The summed E-state index contributed by atoms with van der Waals surface area (Å²) in [6, 6.07) is 14.7. The van der Waals surface area contributed by atoms with Gasteiger partial charge in [-0.3, -0.25) is 0 Å². The summed E-state index contributed by atoms with van der Waals surface area (Å²) in [6.07, 6.45) is 2.95. The molecule has 0 saturated heterocycles. The third kappa shape index (κ3) is 2.24. The minimum Gasteiger partial charge on any atom is -0.0985 e. The van der Waals surface area contributed by atoms with Gasteiger partial charge in [-0.05, 0) is 28.7 Å². The van der Waals surface area contributed by atoms with Gasteiger partial charge in [-0.15, -0.1) is 0 Å². The molecular formula is C16H15Si. The first-order valence-corrected chi connectivity index (χ1v) is 6.33. The molecule has 2 aromatic rings. The van der Waals surface area contributed by atoms with E-state index in [4.69, 9.17) is 0 Å². The van der Waals surface area contributed by atoms with E-state index in [0.29, 0.717) is 0 Å². The predicted octanol–water partition coefficient (Wildman–Crippen LogP) is 3.35. The molecule has 0 heterocycles. The van der Waals surface area contributed by atoms with Crippen LogP contribution in [-0.4, -0.2) is 10.2 Å². The smallest absolute Gasteiger partial charge is 0.0729 e. The van der Waals surface area contributed by atoms with E-state index in [0.717, 1.165) is 11.6 Å². The van der Waals surface area contributed by atoms with Crippen molar-refractivity contribution in [1.82, 2.24) is 0 Å². The van der Waals surface area contributed by atoms with Crippen LogP contribution in [0.25, 0.3) is 17.2 Å². The average molecular weight is 235 g/mol. The second kappa shape index (κ2) is 5.15. The van der Waals surface area contributed by atoms with Gasteiger partial charge in [-0.25, -0.2) is 0 Å². The lowest BCUT2D eigenvalue weighted by Gasteiger charge is -2.13. The van der Waals surface area contributed by atoms with E-state index in [-0.39, 0.29) is 0 Å². The molecule has 0 aliphatic rings. The molecule has 0 atom stereocenters. The normalized spacial score (nSPS) is 10.2. The van der Waals surface area contributed by atoms with Crippen molar-refractivity contribution in [1.29, 1.82) is 0 Å². The number of hydrogen-bond donors (Lipinski definition) is 0.